The van der Waals surface area contributed by atoms with E-state index in [0.717, 1.165) is 5.56 Å². The Bertz CT molecular complexity index is 635. The second kappa shape index (κ2) is 6.72. The molecule has 1 N–H and O–H groups in total. The first-order valence-corrected chi connectivity index (χ1v) is 7.18. The number of rotatable bonds is 4. The predicted molar refractivity (Wildman–Crippen MR) is 84.3 cm³/mol. The normalized spacial score (nSPS) is 10.7. The number of benzene rings is 2. The zero-order valence-electron chi connectivity index (χ0n) is 12.0. The number of carbonyl (C=O) groups is 1. The summed E-state index contributed by atoms with van der Waals surface area (Å²) < 4.78 is 13.7. The maximum absolute atomic E-state index is 13.7. The van der Waals surface area contributed by atoms with Gasteiger partial charge in [-0.1, -0.05) is 43.6 Å². The van der Waals surface area contributed by atoms with Crippen molar-refractivity contribution in [2.24, 2.45) is 0 Å². The zero-order chi connectivity index (χ0) is 15.4. The first kappa shape index (κ1) is 15.5. The fourth-order valence-electron chi connectivity index (χ4n) is 2.04. The van der Waals surface area contributed by atoms with E-state index in [-0.39, 0.29) is 22.9 Å². The number of hydrogen-bond acceptors (Lipinski definition) is 1. The highest BCUT2D eigenvalue weighted by Gasteiger charge is 2.12. The van der Waals surface area contributed by atoms with Crippen molar-refractivity contribution in [3.8, 4) is 0 Å². The van der Waals surface area contributed by atoms with Crippen LogP contribution in [0.25, 0.3) is 0 Å². The molecule has 0 aliphatic heterocycles. The Balaban J connectivity index is 2.10. The number of carbonyl (C=O) groups excluding carboxylic acids is 1. The van der Waals surface area contributed by atoms with Crippen LogP contribution in [-0.2, 0) is 11.2 Å². The molecule has 1 amide bonds. The Morgan fingerprint density at radius 3 is 2.62 bits per heavy atom. The smallest absolute Gasteiger partial charge is 0.228 e. The number of halogens is 2. The van der Waals surface area contributed by atoms with Crippen LogP contribution in [0.1, 0.15) is 30.9 Å². The molecule has 0 fully saturated rings. The van der Waals surface area contributed by atoms with E-state index in [9.17, 15) is 9.18 Å². The Kier molecular flexibility index (Phi) is 4.97. The average molecular weight is 306 g/mol. The molecule has 110 valence electrons. The topological polar surface area (TPSA) is 29.1 Å². The van der Waals surface area contributed by atoms with Crippen LogP contribution < -0.4 is 5.32 Å². The highest BCUT2D eigenvalue weighted by atomic mass is 35.5. The minimum absolute atomic E-state index is 0.0859. The molecule has 0 heterocycles. The lowest BCUT2D eigenvalue weighted by molar-refractivity contribution is -0.115. The lowest BCUT2D eigenvalue weighted by atomic mass is 10.0. The Hall–Kier alpha value is -1.87. The van der Waals surface area contributed by atoms with Crippen LogP contribution in [0.5, 0.6) is 0 Å². The fourth-order valence-corrected chi connectivity index (χ4v) is 2.27. The molecule has 0 aliphatic carbocycles. The molecule has 0 atom stereocenters. The number of amides is 1. The highest BCUT2D eigenvalue weighted by molar-refractivity contribution is 6.31. The molecule has 0 unspecified atom stereocenters. The van der Waals surface area contributed by atoms with E-state index in [4.69, 9.17) is 11.6 Å². The van der Waals surface area contributed by atoms with Gasteiger partial charge in [0.25, 0.3) is 0 Å². The van der Waals surface area contributed by atoms with Gasteiger partial charge in [0.1, 0.15) is 5.82 Å². The maximum atomic E-state index is 13.7. The van der Waals surface area contributed by atoms with Crippen LogP contribution in [0.15, 0.2) is 42.5 Å². The summed E-state index contributed by atoms with van der Waals surface area (Å²) in [7, 11) is 0. The van der Waals surface area contributed by atoms with Crippen molar-refractivity contribution in [1.82, 2.24) is 0 Å². The Morgan fingerprint density at radius 1 is 1.24 bits per heavy atom. The summed E-state index contributed by atoms with van der Waals surface area (Å²) in [5.41, 5.74) is 2.06. The van der Waals surface area contributed by atoms with Crippen LogP contribution in [0, 0.1) is 5.82 Å². The zero-order valence-corrected chi connectivity index (χ0v) is 12.7. The van der Waals surface area contributed by atoms with Crippen molar-refractivity contribution in [1.29, 1.82) is 0 Å². The first-order valence-electron chi connectivity index (χ1n) is 6.80. The molecular weight excluding hydrogens is 289 g/mol. The molecule has 0 aromatic heterocycles. The van der Waals surface area contributed by atoms with Crippen molar-refractivity contribution in [2.75, 3.05) is 5.32 Å². The molecule has 2 rings (SSSR count). The van der Waals surface area contributed by atoms with Gasteiger partial charge in [-0.15, -0.1) is 0 Å². The molecule has 4 heteroatoms. The lowest BCUT2D eigenvalue weighted by Crippen LogP contribution is -2.15. The van der Waals surface area contributed by atoms with E-state index in [1.165, 1.54) is 12.1 Å². The number of anilines is 1. The van der Waals surface area contributed by atoms with Gasteiger partial charge >= 0.3 is 0 Å². The third-order valence-corrected chi connectivity index (χ3v) is 3.59. The van der Waals surface area contributed by atoms with Crippen LogP contribution in [0.3, 0.4) is 0 Å². The largest absolute Gasteiger partial charge is 0.326 e. The molecule has 0 spiro atoms. The average Bonchev–Trinajstić information content (AvgIpc) is 2.43. The van der Waals surface area contributed by atoms with Gasteiger partial charge < -0.3 is 5.32 Å². The van der Waals surface area contributed by atoms with Gasteiger partial charge in [-0.2, -0.15) is 0 Å². The molecule has 2 aromatic carbocycles. The van der Waals surface area contributed by atoms with Crippen molar-refractivity contribution < 1.29 is 9.18 Å². The minimum atomic E-state index is -0.464. The fraction of sp³-hybridized carbons (Fsp3) is 0.235. The molecule has 0 bridgehead atoms. The van der Waals surface area contributed by atoms with Crippen molar-refractivity contribution >= 4 is 23.2 Å². The maximum Gasteiger partial charge on any atom is 0.228 e. The minimum Gasteiger partial charge on any atom is -0.326 e. The summed E-state index contributed by atoms with van der Waals surface area (Å²) in [5.74, 6) is -0.376. The summed E-state index contributed by atoms with van der Waals surface area (Å²) in [6.45, 7) is 4.17. The molecule has 2 aromatic rings. The third-order valence-electron chi connectivity index (χ3n) is 3.24. The van der Waals surface area contributed by atoms with E-state index in [2.05, 4.69) is 19.2 Å². The Morgan fingerprint density at radius 2 is 1.95 bits per heavy atom. The van der Waals surface area contributed by atoms with Gasteiger partial charge in [-0.05, 0) is 35.7 Å². The lowest BCUT2D eigenvalue weighted by Gasteiger charge is -2.10. The van der Waals surface area contributed by atoms with Gasteiger partial charge in [0.05, 0.1) is 6.42 Å². The van der Waals surface area contributed by atoms with Gasteiger partial charge in [-0.25, -0.2) is 4.39 Å². The van der Waals surface area contributed by atoms with Crippen molar-refractivity contribution in [3.05, 3.63) is 64.4 Å². The van der Waals surface area contributed by atoms with Gasteiger partial charge in [0.2, 0.25) is 5.91 Å². The summed E-state index contributed by atoms with van der Waals surface area (Å²) in [6, 6.07) is 12.0. The van der Waals surface area contributed by atoms with E-state index in [1.807, 2.05) is 24.3 Å². The van der Waals surface area contributed by atoms with E-state index < -0.39 is 5.82 Å². The van der Waals surface area contributed by atoms with Crippen LogP contribution in [-0.4, -0.2) is 5.91 Å². The Labute approximate surface area is 128 Å². The number of hydrogen-bond donors (Lipinski definition) is 1. The van der Waals surface area contributed by atoms with Crippen LogP contribution in [0.2, 0.25) is 5.02 Å². The third kappa shape index (κ3) is 4.05. The molecular formula is C17H17ClFNO. The highest BCUT2D eigenvalue weighted by Crippen LogP contribution is 2.21. The summed E-state index contributed by atoms with van der Waals surface area (Å²) in [6.07, 6.45) is -0.0859. The quantitative estimate of drug-likeness (QED) is 0.865. The summed E-state index contributed by atoms with van der Waals surface area (Å²) in [4.78, 5) is 12.0. The monoisotopic (exact) mass is 305 g/mol. The standard InChI is InChI=1S/C17H17ClFNO/c1-11(2)12-5-3-6-13(9-12)20-17(21)10-14-15(18)7-4-8-16(14)19/h3-9,11H,10H2,1-2H3,(H,20,21). The molecule has 2 nitrogen and oxygen atoms in total. The SMILES string of the molecule is CC(C)c1cccc(NC(=O)Cc2c(F)cccc2Cl)c1. The molecule has 0 aliphatic rings. The second-order valence-electron chi connectivity index (χ2n) is 5.21. The number of nitrogens with one attached hydrogen (secondary N) is 1. The van der Waals surface area contributed by atoms with Gasteiger partial charge in [0.15, 0.2) is 0 Å². The predicted octanol–water partition coefficient (Wildman–Crippen LogP) is 4.78. The van der Waals surface area contributed by atoms with Crippen molar-refractivity contribution in [3.63, 3.8) is 0 Å². The molecule has 0 saturated carbocycles. The van der Waals surface area contributed by atoms with E-state index in [0.29, 0.717) is 11.6 Å². The van der Waals surface area contributed by atoms with E-state index in [1.54, 1.807) is 6.07 Å². The first-order chi connectivity index (χ1) is 9.97. The second-order valence-corrected chi connectivity index (χ2v) is 5.61. The van der Waals surface area contributed by atoms with Crippen LogP contribution in [0.4, 0.5) is 10.1 Å². The van der Waals surface area contributed by atoms with Gasteiger partial charge in [-0.3, -0.25) is 4.79 Å². The van der Waals surface area contributed by atoms with Gasteiger partial charge in [0, 0.05) is 16.3 Å². The molecule has 0 saturated heterocycles. The molecule has 21 heavy (non-hydrogen) atoms. The molecule has 0 radical (unpaired) electrons. The summed E-state index contributed by atoms with van der Waals surface area (Å²) >= 11 is 5.92. The van der Waals surface area contributed by atoms with Crippen molar-refractivity contribution in [2.45, 2.75) is 26.2 Å². The van der Waals surface area contributed by atoms with E-state index >= 15 is 0 Å². The van der Waals surface area contributed by atoms with Crippen LogP contribution >= 0.6 is 11.6 Å². The summed E-state index contributed by atoms with van der Waals surface area (Å²) in [5, 5.41) is 3.04.